The highest BCUT2D eigenvalue weighted by Crippen LogP contribution is 1.89. The third-order valence-electron chi connectivity index (χ3n) is 0.524. The van der Waals surface area contributed by atoms with E-state index in [1.54, 1.807) is 0 Å². The average molecular weight is 88.1 g/mol. The SMILES string of the molecule is C/C(O)=C(/C)O. The molecule has 0 atom stereocenters. The Morgan fingerprint density at radius 2 is 1.17 bits per heavy atom. The fourth-order valence-electron chi connectivity index (χ4n) is 0. The van der Waals surface area contributed by atoms with Crippen molar-refractivity contribution >= 4 is 0 Å². The minimum absolute atomic E-state index is 0.0185. The molecule has 0 amide bonds. The van der Waals surface area contributed by atoms with Gasteiger partial charge >= 0.3 is 0 Å². The van der Waals surface area contributed by atoms with E-state index in [0.29, 0.717) is 0 Å². The number of rotatable bonds is 0. The summed E-state index contributed by atoms with van der Waals surface area (Å²) in [5, 5.41) is 16.5. The van der Waals surface area contributed by atoms with Crippen LogP contribution in [0.5, 0.6) is 0 Å². The van der Waals surface area contributed by atoms with Crippen LogP contribution in [0.4, 0.5) is 0 Å². The van der Waals surface area contributed by atoms with Gasteiger partial charge in [0.1, 0.15) is 11.5 Å². The molecule has 0 radical (unpaired) electrons. The van der Waals surface area contributed by atoms with E-state index in [1.807, 2.05) is 0 Å². The topological polar surface area (TPSA) is 40.5 Å². The minimum atomic E-state index is -0.0185. The predicted molar refractivity (Wildman–Crippen MR) is 23.6 cm³/mol. The highest BCUT2D eigenvalue weighted by molar-refractivity contribution is 4.89. The molecule has 0 aliphatic carbocycles. The Labute approximate surface area is 36.7 Å². The second-order valence-electron chi connectivity index (χ2n) is 1.17. The monoisotopic (exact) mass is 88.1 g/mol. The molecule has 0 aromatic heterocycles. The molecule has 2 nitrogen and oxygen atoms in total. The molecule has 0 fully saturated rings. The minimum Gasteiger partial charge on any atom is -0.509 e. The quantitative estimate of drug-likeness (QED) is 0.439. The van der Waals surface area contributed by atoms with Crippen LogP contribution in [0.15, 0.2) is 11.5 Å². The van der Waals surface area contributed by atoms with Crippen molar-refractivity contribution in [1.29, 1.82) is 0 Å². The van der Waals surface area contributed by atoms with Crippen molar-refractivity contribution in [2.45, 2.75) is 13.8 Å². The Morgan fingerprint density at radius 1 is 1.00 bits per heavy atom. The molecule has 0 rings (SSSR count). The van der Waals surface area contributed by atoms with E-state index < -0.39 is 0 Å². The lowest BCUT2D eigenvalue weighted by molar-refractivity contribution is 0.328. The molecule has 36 valence electrons. The molecule has 2 heteroatoms. The molecule has 0 aromatic carbocycles. The van der Waals surface area contributed by atoms with E-state index >= 15 is 0 Å². The molecule has 6 heavy (non-hydrogen) atoms. The van der Waals surface area contributed by atoms with E-state index in [-0.39, 0.29) is 11.5 Å². The molecule has 0 spiro atoms. The van der Waals surface area contributed by atoms with Gasteiger partial charge in [0, 0.05) is 0 Å². The summed E-state index contributed by atoms with van der Waals surface area (Å²) in [6.07, 6.45) is 0. The van der Waals surface area contributed by atoms with Crippen molar-refractivity contribution in [1.82, 2.24) is 0 Å². The van der Waals surface area contributed by atoms with Crippen LogP contribution >= 0.6 is 0 Å². The van der Waals surface area contributed by atoms with Crippen LogP contribution in [0.1, 0.15) is 13.8 Å². The van der Waals surface area contributed by atoms with E-state index in [2.05, 4.69) is 0 Å². The predicted octanol–water partition coefficient (Wildman–Crippen LogP) is 1.35. The van der Waals surface area contributed by atoms with Gasteiger partial charge in [-0.05, 0) is 13.8 Å². The first-order valence-corrected chi connectivity index (χ1v) is 1.70. The van der Waals surface area contributed by atoms with Crippen LogP contribution in [0.3, 0.4) is 0 Å². The van der Waals surface area contributed by atoms with Crippen molar-refractivity contribution in [3.05, 3.63) is 11.5 Å². The van der Waals surface area contributed by atoms with Crippen LogP contribution in [-0.4, -0.2) is 10.2 Å². The number of hydrogen-bond donors (Lipinski definition) is 2. The summed E-state index contributed by atoms with van der Waals surface area (Å²) in [6, 6.07) is 0. The van der Waals surface area contributed by atoms with Gasteiger partial charge < -0.3 is 10.2 Å². The fraction of sp³-hybridized carbons (Fsp3) is 0.500. The summed E-state index contributed by atoms with van der Waals surface area (Å²) >= 11 is 0. The summed E-state index contributed by atoms with van der Waals surface area (Å²) in [4.78, 5) is 0. The first kappa shape index (κ1) is 5.34. The molecule has 0 saturated carbocycles. The van der Waals surface area contributed by atoms with E-state index in [0.717, 1.165) is 0 Å². The van der Waals surface area contributed by atoms with Crippen molar-refractivity contribution in [3.63, 3.8) is 0 Å². The zero-order valence-corrected chi connectivity index (χ0v) is 3.89. The third-order valence-corrected chi connectivity index (χ3v) is 0.524. The van der Waals surface area contributed by atoms with E-state index in [9.17, 15) is 0 Å². The summed E-state index contributed by atoms with van der Waals surface area (Å²) < 4.78 is 0. The van der Waals surface area contributed by atoms with Crippen molar-refractivity contribution in [2.75, 3.05) is 0 Å². The van der Waals surface area contributed by atoms with Crippen LogP contribution < -0.4 is 0 Å². The Bertz CT molecular complexity index is 55.6. The molecule has 0 saturated heterocycles. The lowest BCUT2D eigenvalue weighted by Crippen LogP contribution is -1.76. The van der Waals surface area contributed by atoms with Crippen LogP contribution in [0.25, 0.3) is 0 Å². The second-order valence-corrected chi connectivity index (χ2v) is 1.17. The van der Waals surface area contributed by atoms with Gasteiger partial charge in [-0.2, -0.15) is 0 Å². The van der Waals surface area contributed by atoms with E-state index in [1.165, 1.54) is 13.8 Å². The number of allylic oxidation sites excluding steroid dienone is 2. The maximum atomic E-state index is 8.26. The molecular weight excluding hydrogens is 80.0 g/mol. The highest BCUT2D eigenvalue weighted by Gasteiger charge is 1.82. The normalized spacial score (nSPS) is 13.7. The van der Waals surface area contributed by atoms with Gasteiger partial charge in [-0.3, -0.25) is 0 Å². The van der Waals surface area contributed by atoms with Crippen molar-refractivity contribution in [2.24, 2.45) is 0 Å². The van der Waals surface area contributed by atoms with Gasteiger partial charge in [0.25, 0.3) is 0 Å². The lowest BCUT2D eigenvalue weighted by Gasteiger charge is -1.86. The largest absolute Gasteiger partial charge is 0.509 e. The Balaban J connectivity index is 3.68. The molecule has 0 aromatic rings. The molecule has 0 aliphatic heterocycles. The fourth-order valence-corrected chi connectivity index (χ4v) is 0. The molecule has 0 bridgehead atoms. The smallest absolute Gasteiger partial charge is 0.126 e. The Kier molecular flexibility index (Phi) is 1.51. The summed E-state index contributed by atoms with van der Waals surface area (Å²) in [7, 11) is 0. The highest BCUT2D eigenvalue weighted by atomic mass is 16.3. The van der Waals surface area contributed by atoms with Gasteiger partial charge in [-0.15, -0.1) is 0 Å². The van der Waals surface area contributed by atoms with Crippen LogP contribution in [0, 0.1) is 0 Å². The van der Waals surface area contributed by atoms with Gasteiger partial charge in [0.2, 0.25) is 0 Å². The zero-order valence-electron chi connectivity index (χ0n) is 3.89. The standard InChI is InChI=1S/C4H8O2/c1-3(5)4(2)6/h5-6H,1-2H3/b4-3+. The van der Waals surface area contributed by atoms with Gasteiger partial charge in [0.15, 0.2) is 0 Å². The molecule has 0 heterocycles. The maximum absolute atomic E-state index is 8.26. The summed E-state index contributed by atoms with van der Waals surface area (Å²) in [5.41, 5.74) is 0. The van der Waals surface area contributed by atoms with Crippen LogP contribution in [-0.2, 0) is 0 Å². The van der Waals surface area contributed by atoms with Crippen LogP contribution in [0.2, 0.25) is 0 Å². The van der Waals surface area contributed by atoms with Crippen molar-refractivity contribution < 1.29 is 10.2 Å². The first-order valence-electron chi connectivity index (χ1n) is 1.70. The molecule has 2 N–H and O–H groups in total. The third kappa shape index (κ3) is 1.64. The average Bonchev–Trinajstić information content (AvgIpc) is 1.36. The maximum Gasteiger partial charge on any atom is 0.126 e. The Morgan fingerprint density at radius 3 is 1.17 bits per heavy atom. The molecular formula is C4H8O2. The molecule has 0 unspecified atom stereocenters. The summed E-state index contributed by atoms with van der Waals surface area (Å²) in [6.45, 7) is 2.85. The number of hydrogen-bond acceptors (Lipinski definition) is 2. The van der Waals surface area contributed by atoms with Crippen molar-refractivity contribution in [3.8, 4) is 0 Å². The first-order chi connectivity index (χ1) is 2.64. The van der Waals surface area contributed by atoms with Gasteiger partial charge in [-0.1, -0.05) is 0 Å². The zero-order chi connectivity index (χ0) is 5.15. The van der Waals surface area contributed by atoms with Gasteiger partial charge in [-0.25, -0.2) is 0 Å². The van der Waals surface area contributed by atoms with E-state index in [4.69, 9.17) is 10.2 Å². The summed E-state index contributed by atoms with van der Waals surface area (Å²) in [5.74, 6) is -0.0370. The Hall–Kier alpha value is -0.660. The number of aliphatic hydroxyl groups excluding tert-OH is 2. The van der Waals surface area contributed by atoms with Gasteiger partial charge in [0.05, 0.1) is 0 Å². The lowest BCUT2D eigenvalue weighted by atomic mass is 10.5. The second kappa shape index (κ2) is 1.70. The number of aliphatic hydroxyl groups is 2. The molecule has 0 aliphatic rings.